The van der Waals surface area contributed by atoms with Gasteiger partial charge in [0.25, 0.3) is 0 Å². The first-order valence-corrected chi connectivity index (χ1v) is 7.52. The number of amides is 1. The summed E-state index contributed by atoms with van der Waals surface area (Å²) in [6, 6.07) is 7.77. The number of benzene rings is 1. The molecule has 1 N–H and O–H groups in total. The van der Waals surface area contributed by atoms with Gasteiger partial charge in [0.2, 0.25) is 5.91 Å². The molecule has 114 valence electrons. The Morgan fingerprint density at radius 3 is 2.81 bits per heavy atom. The van der Waals surface area contributed by atoms with E-state index >= 15 is 0 Å². The number of rotatable bonds is 5. The van der Waals surface area contributed by atoms with E-state index < -0.39 is 0 Å². The van der Waals surface area contributed by atoms with Crippen LogP contribution in [0.15, 0.2) is 36.7 Å². The lowest BCUT2D eigenvalue weighted by atomic mass is 10.2. The van der Waals surface area contributed by atoms with Gasteiger partial charge in [-0.05, 0) is 17.7 Å². The summed E-state index contributed by atoms with van der Waals surface area (Å²) in [5, 5.41) is 3.50. The van der Waals surface area contributed by atoms with E-state index in [1.165, 1.54) is 6.92 Å². The SMILES string of the molecule is CC.CC(=O)NCCc1nccn1Cc1cccc(Cl)c1. The minimum Gasteiger partial charge on any atom is -0.356 e. The molecule has 0 unspecified atom stereocenters. The molecule has 0 fully saturated rings. The number of carbonyl (C=O) groups excluding carboxylic acids is 1. The van der Waals surface area contributed by atoms with Crippen LogP contribution >= 0.6 is 11.6 Å². The topological polar surface area (TPSA) is 46.9 Å². The Hall–Kier alpha value is -1.81. The van der Waals surface area contributed by atoms with Gasteiger partial charge in [0, 0.05) is 43.9 Å². The predicted octanol–water partition coefficient (Wildman–Crippen LogP) is 3.29. The summed E-state index contributed by atoms with van der Waals surface area (Å²) in [6.45, 7) is 6.84. The van der Waals surface area contributed by atoms with E-state index in [-0.39, 0.29) is 5.91 Å². The second-order valence-corrected chi connectivity index (χ2v) is 4.77. The lowest BCUT2D eigenvalue weighted by Gasteiger charge is -2.08. The lowest BCUT2D eigenvalue weighted by molar-refractivity contribution is -0.118. The van der Waals surface area contributed by atoms with E-state index in [1.807, 2.05) is 44.3 Å². The number of carbonyl (C=O) groups is 1. The van der Waals surface area contributed by atoms with E-state index in [2.05, 4.69) is 14.9 Å². The molecule has 0 bridgehead atoms. The molecule has 4 nitrogen and oxygen atoms in total. The van der Waals surface area contributed by atoms with Crippen molar-refractivity contribution in [2.24, 2.45) is 0 Å². The van der Waals surface area contributed by atoms with Gasteiger partial charge in [-0.25, -0.2) is 4.98 Å². The smallest absolute Gasteiger partial charge is 0.216 e. The average molecular weight is 308 g/mol. The molecule has 21 heavy (non-hydrogen) atoms. The molecule has 0 aliphatic heterocycles. The third-order valence-electron chi connectivity index (χ3n) is 2.77. The fourth-order valence-corrected chi connectivity index (χ4v) is 2.11. The van der Waals surface area contributed by atoms with Gasteiger partial charge in [0.05, 0.1) is 0 Å². The molecule has 1 aromatic heterocycles. The average Bonchev–Trinajstić information content (AvgIpc) is 2.88. The highest BCUT2D eigenvalue weighted by atomic mass is 35.5. The van der Waals surface area contributed by atoms with Crippen molar-refractivity contribution >= 4 is 17.5 Å². The van der Waals surface area contributed by atoms with E-state index in [9.17, 15) is 4.79 Å². The van der Waals surface area contributed by atoms with Crippen molar-refractivity contribution in [3.05, 3.63) is 53.1 Å². The van der Waals surface area contributed by atoms with Gasteiger partial charge in [-0.2, -0.15) is 0 Å². The number of hydrogen-bond donors (Lipinski definition) is 1. The minimum absolute atomic E-state index is 0.0204. The number of imidazole rings is 1. The quantitative estimate of drug-likeness (QED) is 0.921. The molecule has 1 aromatic carbocycles. The molecule has 1 amide bonds. The number of hydrogen-bond acceptors (Lipinski definition) is 2. The summed E-state index contributed by atoms with van der Waals surface area (Å²) < 4.78 is 2.06. The molecule has 0 aliphatic carbocycles. The summed E-state index contributed by atoms with van der Waals surface area (Å²) in [4.78, 5) is 15.1. The van der Waals surface area contributed by atoms with Crippen LogP contribution in [0.4, 0.5) is 0 Å². The van der Waals surface area contributed by atoms with E-state index in [0.717, 1.165) is 23.0 Å². The standard InChI is InChI=1S/C14H16ClN3O.C2H6/c1-11(19)16-6-5-14-17-7-8-18(14)10-12-3-2-4-13(15)9-12;1-2/h2-4,7-9H,5-6,10H2,1H3,(H,16,19);1-2H3. The Balaban J connectivity index is 0.00000106. The number of nitrogens with one attached hydrogen (secondary N) is 1. The van der Waals surface area contributed by atoms with Crippen LogP contribution in [0, 0.1) is 0 Å². The Kier molecular flexibility index (Phi) is 7.54. The highest BCUT2D eigenvalue weighted by Gasteiger charge is 2.04. The van der Waals surface area contributed by atoms with Crippen LogP contribution in [-0.2, 0) is 17.8 Å². The maximum atomic E-state index is 10.8. The van der Waals surface area contributed by atoms with Crippen LogP contribution in [0.1, 0.15) is 32.2 Å². The van der Waals surface area contributed by atoms with Crippen LogP contribution in [0.5, 0.6) is 0 Å². The van der Waals surface area contributed by atoms with E-state index in [0.29, 0.717) is 13.0 Å². The molecule has 2 rings (SSSR count). The van der Waals surface area contributed by atoms with Crippen molar-refractivity contribution < 1.29 is 4.79 Å². The number of halogens is 1. The van der Waals surface area contributed by atoms with Crippen molar-refractivity contribution in [2.75, 3.05) is 6.54 Å². The fourth-order valence-electron chi connectivity index (χ4n) is 1.89. The Bertz CT molecular complexity index is 566. The van der Waals surface area contributed by atoms with Gasteiger partial charge in [0.1, 0.15) is 5.82 Å². The Labute approximate surface area is 131 Å². The molecule has 1 heterocycles. The molecular formula is C16H22ClN3O. The van der Waals surface area contributed by atoms with E-state index in [1.54, 1.807) is 6.20 Å². The van der Waals surface area contributed by atoms with Crippen molar-refractivity contribution in [2.45, 2.75) is 33.7 Å². The zero-order valence-electron chi connectivity index (χ0n) is 12.8. The maximum Gasteiger partial charge on any atom is 0.216 e. The zero-order valence-corrected chi connectivity index (χ0v) is 13.5. The summed E-state index contributed by atoms with van der Waals surface area (Å²) in [5.74, 6) is 0.932. The summed E-state index contributed by atoms with van der Waals surface area (Å²) in [7, 11) is 0. The Morgan fingerprint density at radius 1 is 1.38 bits per heavy atom. The fraction of sp³-hybridized carbons (Fsp3) is 0.375. The van der Waals surface area contributed by atoms with Crippen molar-refractivity contribution in [3.63, 3.8) is 0 Å². The minimum atomic E-state index is -0.0204. The van der Waals surface area contributed by atoms with Crippen molar-refractivity contribution in [1.82, 2.24) is 14.9 Å². The highest BCUT2D eigenvalue weighted by Crippen LogP contribution is 2.12. The molecule has 0 atom stereocenters. The third kappa shape index (κ3) is 6.00. The van der Waals surface area contributed by atoms with Crippen molar-refractivity contribution in [3.8, 4) is 0 Å². The summed E-state index contributed by atoms with van der Waals surface area (Å²) in [6.07, 6.45) is 4.42. The number of aromatic nitrogens is 2. The summed E-state index contributed by atoms with van der Waals surface area (Å²) in [5.41, 5.74) is 1.13. The van der Waals surface area contributed by atoms with Gasteiger partial charge in [-0.15, -0.1) is 0 Å². The highest BCUT2D eigenvalue weighted by molar-refractivity contribution is 6.30. The second-order valence-electron chi connectivity index (χ2n) is 4.33. The lowest BCUT2D eigenvalue weighted by Crippen LogP contribution is -2.23. The molecule has 5 heteroatoms. The van der Waals surface area contributed by atoms with E-state index in [4.69, 9.17) is 11.6 Å². The normalized spacial score (nSPS) is 9.71. The van der Waals surface area contributed by atoms with Crippen molar-refractivity contribution in [1.29, 1.82) is 0 Å². The number of nitrogens with zero attached hydrogens (tertiary/aromatic N) is 2. The molecular weight excluding hydrogens is 286 g/mol. The van der Waals surface area contributed by atoms with Crippen LogP contribution in [0.25, 0.3) is 0 Å². The molecule has 0 aliphatic rings. The maximum absolute atomic E-state index is 10.8. The van der Waals surface area contributed by atoms with Crippen LogP contribution in [0.3, 0.4) is 0 Å². The van der Waals surface area contributed by atoms with Crippen LogP contribution in [-0.4, -0.2) is 22.0 Å². The first kappa shape index (κ1) is 17.2. The summed E-state index contributed by atoms with van der Waals surface area (Å²) >= 11 is 5.97. The van der Waals surface area contributed by atoms with Gasteiger partial charge in [0.15, 0.2) is 0 Å². The zero-order chi connectivity index (χ0) is 15.7. The van der Waals surface area contributed by atoms with Gasteiger partial charge in [-0.3, -0.25) is 4.79 Å². The molecule has 0 saturated carbocycles. The van der Waals surface area contributed by atoms with Gasteiger partial charge < -0.3 is 9.88 Å². The monoisotopic (exact) mass is 307 g/mol. The molecule has 0 radical (unpaired) electrons. The molecule has 2 aromatic rings. The first-order chi connectivity index (χ1) is 10.1. The van der Waals surface area contributed by atoms with Crippen LogP contribution in [0.2, 0.25) is 5.02 Å². The van der Waals surface area contributed by atoms with Crippen LogP contribution < -0.4 is 5.32 Å². The predicted molar refractivity (Wildman–Crippen MR) is 86.5 cm³/mol. The molecule has 0 spiro atoms. The largest absolute Gasteiger partial charge is 0.356 e. The van der Waals surface area contributed by atoms with Gasteiger partial charge >= 0.3 is 0 Å². The Morgan fingerprint density at radius 2 is 2.14 bits per heavy atom. The first-order valence-electron chi connectivity index (χ1n) is 7.14. The second kappa shape index (κ2) is 9.19. The van der Waals surface area contributed by atoms with Gasteiger partial charge in [-0.1, -0.05) is 37.6 Å². The third-order valence-corrected chi connectivity index (χ3v) is 3.00. The molecule has 0 saturated heterocycles.